The Morgan fingerprint density at radius 3 is 2.58 bits per heavy atom. The average molecular weight is 488 g/mol. The Balaban J connectivity index is 1.32. The first-order valence-corrected chi connectivity index (χ1v) is 12.6. The Bertz CT molecular complexity index is 1390. The van der Waals surface area contributed by atoms with Gasteiger partial charge in [-0.15, -0.1) is 0 Å². The second-order valence-corrected chi connectivity index (χ2v) is 9.64. The van der Waals surface area contributed by atoms with Gasteiger partial charge in [-0.25, -0.2) is 9.37 Å². The Labute approximate surface area is 209 Å². The van der Waals surface area contributed by atoms with Crippen LogP contribution in [0.15, 0.2) is 42.7 Å². The Morgan fingerprint density at radius 2 is 1.81 bits per heavy atom. The fourth-order valence-corrected chi connectivity index (χ4v) is 5.35. The molecule has 0 saturated carbocycles. The minimum Gasteiger partial charge on any atom is -0.464 e. The van der Waals surface area contributed by atoms with Crippen molar-refractivity contribution in [3.63, 3.8) is 0 Å². The van der Waals surface area contributed by atoms with Gasteiger partial charge in [0.1, 0.15) is 17.2 Å². The lowest BCUT2D eigenvalue weighted by atomic mass is 10.1. The van der Waals surface area contributed by atoms with E-state index in [0.717, 1.165) is 24.3 Å². The number of hydrogen-bond acceptors (Lipinski definition) is 7. The minimum atomic E-state index is -0.406. The van der Waals surface area contributed by atoms with Gasteiger partial charge in [0.2, 0.25) is 0 Å². The number of benzene rings is 1. The van der Waals surface area contributed by atoms with E-state index >= 15 is 0 Å². The standard InChI is InChI=1S/C27H30FN7O/c1-3-36-27-30-18(2)24-26(32-27)35(25(31-24)21-12-22(28)14-29-13-21)16-20-6-4-19(5-7-20)15-34-11-10-33-9-8-23(34)17-33/h4-7,12-14,23H,3,8-11,15-17H2,1-2H3. The summed E-state index contributed by atoms with van der Waals surface area (Å²) in [5.74, 6) is 0.197. The monoisotopic (exact) mass is 487 g/mol. The first-order chi connectivity index (χ1) is 17.6. The molecule has 2 bridgehead atoms. The van der Waals surface area contributed by atoms with Crippen molar-refractivity contribution in [3.8, 4) is 17.4 Å². The molecule has 9 heteroatoms. The van der Waals surface area contributed by atoms with Gasteiger partial charge >= 0.3 is 6.01 Å². The SMILES string of the molecule is CCOc1nc(C)c2nc(-c3cncc(F)c3)n(Cc3ccc(CN4CCN5CCC4C5)cc3)c2n1. The molecule has 0 radical (unpaired) electrons. The van der Waals surface area contributed by atoms with Crippen LogP contribution >= 0.6 is 0 Å². The fourth-order valence-electron chi connectivity index (χ4n) is 5.35. The molecule has 2 fully saturated rings. The van der Waals surface area contributed by atoms with Crippen LogP contribution in [0, 0.1) is 12.7 Å². The second-order valence-electron chi connectivity index (χ2n) is 9.64. The van der Waals surface area contributed by atoms with E-state index < -0.39 is 5.82 Å². The van der Waals surface area contributed by atoms with Crippen LogP contribution < -0.4 is 4.74 Å². The molecule has 4 aromatic rings. The van der Waals surface area contributed by atoms with Gasteiger partial charge in [-0.1, -0.05) is 24.3 Å². The van der Waals surface area contributed by atoms with E-state index in [1.807, 2.05) is 18.4 Å². The van der Waals surface area contributed by atoms with Crippen LogP contribution in [0.2, 0.25) is 0 Å². The van der Waals surface area contributed by atoms with Crippen LogP contribution in [0.4, 0.5) is 4.39 Å². The number of aryl methyl sites for hydroxylation is 1. The van der Waals surface area contributed by atoms with Crippen molar-refractivity contribution in [2.45, 2.75) is 39.4 Å². The Kier molecular flexibility index (Phi) is 6.10. The van der Waals surface area contributed by atoms with E-state index in [0.29, 0.717) is 47.8 Å². The summed E-state index contributed by atoms with van der Waals surface area (Å²) in [6.07, 6.45) is 4.09. The highest BCUT2D eigenvalue weighted by Gasteiger charge is 2.32. The molecule has 0 N–H and O–H groups in total. The lowest BCUT2D eigenvalue weighted by Gasteiger charge is -2.34. The van der Waals surface area contributed by atoms with Crippen LogP contribution in [0.3, 0.4) is 0 Å². The lowest BCUT2D eigenvalue weighted by molar-refractivity contribution is 0.128. The highest BCUT2D eigenvalue weighted by Crippen LogP contribution is 2.28. The van der Waals surface area contributed by atoms with Crippen LogP contribution in [0.5, 0.6) is 6.01 Å². The van der Waals surface area contributed by atoms with Crippen LogP contribution in [-0.2, 0) is 13.1 Å². The van der Waals surface area contributed by atoms with Gasteiger partial charge in [0.05, 0.1) is 25.0 Å². The molecule has 1 aromatic carbocycles. The van der Waals surface area contributed by atoms with E-state index in [9.17, 15) is 4.39 Å². The van der Waals surface area contributed by atoms with Crippen LogP contribution in [0.25, 0.3) is 22.6 Å². The maximum atomic E-state index is 14.0. The molecule has 36 heavy (non-hydrogen) atoms. The second kappa shape index (κ2) is 9.55. The van der Waals surface area contributed by atoms with Crippen LogP contribution in [0.1, 0.15) is 30.2 Å². The molecule has 186 valence electrons. The summed E-state index contributed by atoms with van der Waals surface area (Å²) in [4.78, 5) is 23.1. The molecule has 8 nitrogen and oxygen atoms in total. The zero-order valence-corrected chi connectivity index (χ0v) is 20.7. The van der Waals surface area contributed by atoms with Crippen molar-refractivity contribution in [1.82, 2.24) is 34.3 Å². The van der Waals surface area contributed by atoms with Gasteiger partial charge < -0.3 is 14.2 Å². The number of ether oxygens (including phenoxy) is 1. The zero-order valence-electron chi connectivity index (χ0n) is 20.7. The predicted octanol–water partition coefficient (Wildman–Crippen LogP) is 3.67. The average Bonchev–Trinajstić information content (AvgIpc) is 3.44. The summed E-state index contributed by atoms with van der Waals surface area (Å²) in [6.45, 7) is 10.5. The smallest absolute Gasteiger partial charge is 0.318 e. The number of aromatic nitrogens is 5. The largest absolute Gasteiger partial charge is 0.464 e. The van der Waals surface area contributed by atoms with Crippen molar-refractivity contribution >= 4 is 11.2 Å². The molecule has 0 aliphatic carbocycles. The third-order valence-electron chi connectivity index (χ3n) is 7.20. The molecule has 2 atom stereocenters. The van der Waals surface area contributed by atoms with Gasteiger partial charge in [-0.2, -0.15) is 9.97 Å². The molecule has 6 rings (SSSR count). The van der Waals surface area contributed by atoms with Crippen molar-refractivity contribution in [3.05, 3.63) is 65.4 Å². The highest BCUT2D eigenvalue weighted by molar-refractivity contribution is 5.79. The molecule has 0 spiro atoms. The number of pyridine rings is 1. The van der Waals surface area contributed by atoms with Crippen molar-refractivity contribution in [2.24, 2.45) is 0 Å². The third-order valence-corrected chi connectivity index (χ3v) is 7.20. The molecule has 3 aromatic heterocycles. The summed E-state index contributed by atoms with van der Waals surface area (Å²) in [7, 11) is 0. The number of nitrogens with zero attached hydrogens (tertiary/aromatic N) is 7. The third kappa shape index (κ3) is 4.44. The lowest BCUT2D eigenvalue weighted by Crippen LogP contribution is -2.46. The molecule has 0 amide bonds. The van der Waals surface area contributed by atoms with Gasteiger partial charge in [0.25, 0.3) is 0 Å². The quantitative estimate of drug-likeness (QED) is 0.394. The van der Waals surface area contributed by atoms with Gasteiger partial charge in [0.15, 0.2) is 5.65 Å². The maximum Gasteiger partial charge on any atom is 0.318 e. The summed E-state index contributed by atoms with van der Waals surface area (Å²) in [6, 6.07) is 11.2. The van der Waals surface area contributed by atoms with Crippen LogP contribution in [-0.4, -0.2) is 73.1 Å². The summed E-state index contributed by atoms with van der Waals surface area (Å²) < 4.78 is 21.6. The summed E-state index contributed by atoms with van der Waals surface area (Å²) in [5.41, 5.74) is 5.08. The molecule has 2 unspecified atom stereocenters. The number of rotatable bonds is 7. The number of imidazole rings is 1. The summed E-state index contributed by atoms with van der Waals surface area (Å²) in [5, 5.41) is 0. The van der Waals surface area contributed by atoms with E-state index in [2.05, 4.69) is 49.0 Å². The highest BCUT2D eigenvalue weighted by atomic mass is 19.1. The zero-order chi connectivity index (χ0) is 24.6. The molecule has 2 aliphatic heterocycles. The van der Waals surface area contributed by atoms with Gasteiger partial charge in [-0.05, 0) is 44.0 Å². The molecular formula is C27H30FN7O. The van der Waals surface area contributed by atoms with Crippen molar-refractivity contribution in [2.75, 3.05) is 32.8 Å². The normalized spacial score (nSPS) is 19.8. The number of fused-ring (bicyclic) bond motifs is 3. The number of piperazine rings is 1. The molecule has 2 saturated heterocycles. The maximum absolute atomic E-state index is 14.0. The van der Waals surface area contributed by atoms with Gasteiger partial charge in [0, 0.05) is 44.0 Å². The fraction of sp³-hybridized carbons (Fsp3) is 0.407. The van der Waals surface area contributed by atoms with Crippen molar-refractivity contribution in [1.29, 1.82) is 0 Å². The first-order valence-electron chi connectivity index (χ1n) is 12.6. The number of hydrogen-bond donors (Lipinski definition) is 0. The van der Waals surface area contributed by atoms with E-state index in [1.54, 1.807) is 6.20 Å². The Hall–Kier alpha value is -3.43. The van der Waals surface area contributed by atoms with Crippen molar-refractivity contribution < 1.29 is 9.13 Å². The molecular weight excluding hydrogens is 457 g/mol. The summed E-state index contributed by atoms with van der Waals surface area (Å²) >= 11 is 0. The molecule has 2 aliphatic rings. The van der Waals surface area contributed by atoms with E-state index in [1.165, 1.54) is 43.9 Å². The van der Waals surface area contributed by atoms with Gasteiger partial charge in [-0.3, -0.25) is 9.88 Å². The Morgan fingerprint density at radius 1 is 1.00 bits per heavy atom. The van der Waals surface area contributed by atoms with E-state index in [-0.39, 0.29) is 0 Å². The number of halogens is 1. The minimum absolute atomic E-state index is 0.315. The van der Waals surface area contributed by atoms with E-state index in [4.69, 9.17) is 9.72 Å². The topological polar surface area (TPSA) is 72.2 Å². The first kappa shape index (κ1) is 23.0. The predicted molar refractivity (Wildman–Crippen MR) is 135 cm³/mol. The molecule has 5 heterocycles.